The maximum atomic E-state index is 5.21. The van der Waals surface area contributed by atoms with Crippen LogP contribution in [0, 0.1) is 0 Å². The molecule has 0 N–H and O–H groups in total. The predicted octanol–water partition coefficient (Wildman–Crippen LogP) is 1.64. The average molecular weight is 316 g/mol. The Bertz CT molecular complexity index is 131. The minimum atomic E-state index is 0.875. The van der Waals surface area contributed by atoms with Crippen molar-refractivity contribution in [2.45, 2.75) is 6.42 Å². The first-order valence-electron chi connectivity index (χ1n) is 4.64. The third-order valence-corrected chi connectivity index (χ3v) is 3.36. The van der Waals surface area contributed by atoms with E-state index < -0.39 is 0 Å². The molecule has 0 aromatic carbocycles. The van der Waals surface area contributed by atoms with Crippen LogP contribution in [0.5, 0.6) is 0 Å². The second-order valence-electron chi connectivity index (χ2n) is 3.38. The SMILES string of the molecule is CN1CCN(CCCOSI)CC1. The summed E-state index contributed by atoms with van der Waals surface area (Å²) in [5.41, 5.74) is 0. The molecule has 0 bridgehead atoms. The molecule has 0 atom stereocenters. The first-order chi connectivity index (χ1) is 6.33. The van der Waals surface area contributed by atoms with Crippen molar-refractivity contribution in [1.29, 1.82) is 0 Å². The number of rotatable bonds is 5. The molecule has 0 unspecified atom stereocenters. The molecule has 1 heterocycles. The summed E-state index contributed by atoms with van der Waals surface area (Å²) < 4.78 is 5.21. The Morgan fingerprint density at radius 3 is 2.62 bits per heavy atom. The lowest BCUT2D eigenvalue weighted by Gasteiger charge is -2.32. The highest BCUT2D eigenvalue weighted by molar-refractivity contribution is 14.2. The Balaban J connectivity index is 1.96. The molecule has 0 spiro atoms. The molecule has 0 aliphatic carbocycles. The van der Waals surface area contributed by atoms with Gasteiger partial charge in [-0.1, -0.05) is 0 Å². The Kier molecular flexibility index (Phi) is 6.74. The van der Waals surface area contributed by atoms with E-state index in [1.807, 2.05) is 0 Å². The fourth-order valence-electron chi connectivity index (χ4n) is 1.45. The van der Waals surface area contributed by atoms with Gasteiger partial charge in [0.1, 0.15) is 0 Å². The van der Waals surface area contributed by atoms with E-state index in [2.05, 4.69) is 38.1 Å². The van der Waals surface area contributed by atoms with Crippen LogP contribution < -0.4 is 0 Å². The summed E-state index contributed by atoms with van der Waals surface area (Å²) in [5.74, 6) is 0. The molecule has 1 rings (SSSR count). The van der Waals surface area contributed by atoms with Gasteiger partial charge >= 0.3 is 0 Å². The van der Waals surface area contributed by atoms with Gasteiger partial charge in [0.15, 0.2) is 0 Å². The molecule has 0 aromatic rings. The first kappa shape index (κ1) is 12.0. The molecule has 1 saturated heterocycles. The molecule has 1 aliphatic rings. The molecule has 0 amide bonds. The zero-order chi connectivity index (χ0) is 9.52. The van der Waals surface area contributed by atoms with E-state index >= 15 is 0 Å². The molecular formula is C8H17IN2OS. The second-order valence-corrected chi connectivity index (χ2v) is 4.82. The summed E-state index contributed by atoms with van der Waals surface area (Å²) in [6.07, 6.45) is 1.15. The van der Waals surface area contributed by atoms with Gasteiger partial charge in [-0.25, -0.2) is 0 Å². The number of hydrogen-bond donors (Lipinski definition) is 0. The van der Waals surface area contributed by atoms with Crippen LogP contribution in [0.2, 0.25) is 0 Å². The number of halogens is 1. The van der Waals surface area contributed by atoms with Gasteiger partial charge in [-0.2, -0.15) is 0 Å². The van der Waals surface area contributed by atoms with E-state index in [4.69, 9.17) is 4.18 Å². The van der Waals surface area contributed by atoms with Crippen molar-refractivity contribution in [3.8, 4) is 0 Å². The van der Waals surface area contributed by atoms with E-state index in [0.29, 0.717) is 0 Å². The Hall–Kier alpha value is 0.960. The summed E-state index contributed by atoms with van der Waals surface area (Å²) in [5, 5.41) is 0. The van der Waals surface area contributed by atoms with E-state index in [1.165, 1.54) is 41.9 Å². The maximum Gasteiger partial charge on any atom is 0.0650 e. The number of hydrogen-bond acceptors (Lipinski definition) is 4. The molecule has 0 saturated carbocycles. The van der Waals surface area contributed by atoms with Crippen LogP contribution in [0.3, 0.4) is 0 Å². The van der Waals surface area contributed by atoms with Crippen molar-refractivity contribution in [1.82, 2.24) is 9.80 Å². The molecule has 3 nitrogen and oxygen atoms in total. The molecule has 1 aliphatic heterocycles. The molecule has 13 heavy (non-hydrogen) atoms. The Morgan fingerprint density at radius 2 is 2.00 bits per heavy atom. The minimum Gasteiger partial charge on any atom is -0.305 e. The lowest BCUT2D eigenvalue weighted by atomic mass is 10.3. The smallest absolute Gasteiger partial charge is 0.0650 e. The van der Waals surface area contributed by atoms with Crippen molar-refractivity contribution >= 4 is 30.4 Å². The van der Waals surface area contributed by atoms with E-state index in [9.17, 15) is 0 Å². The standard InChI is InChI=1S/C8H17IN2OS/c1-10-4-6-11(7-5-10)3-2-8-12-13-9/h2-8H2,1H3. The van der Waals surface area contributed by atoms with E-state index in [-0.39, 0.29) is 0 Å². The minimum absolute atomic E-state index is 0.875. The van der Waals surface area contributed by atoms with Crippen LogP contribution in [0.1, 0.15) is 6.42 Å². The van der Waals surface area contributed by atoms with Gasteiger partial charge in [0.05, 0.1) is 15.8 Å². The normalized spacial score (nSPS) is 20.8. The zero-order valence-corrected chi connectivity index (χ0v) is 11.0. The highest BCUT2D eigenvalue weighted by Crippen LogP contribution is 2.12. The van der Waals surface area contributed by atoms with Gasteiger partial charge in [-0.3, -0.25) is 0 Å². The first-order valence-corrected chi connectivity index (χ1v) is 7.92. The van der Waals surface area contributed by atoms with Gasteiger partial charge in [0, 0.05) is 53.9 Å². The van der Waals surface area contributed by atoms with Gasteiger partial charge in [-0.05, 0) is 13.5 Å². The molecule has 0 radical (unpaired) electrons. The number of nitrogens with zero attached hydrogens (tertiary/aromatic N) is 2. The fraction of sp³-hybridized carbons (Fsp3) is 1.00. The van der Waals surface area contributed by atoms with Gasteiger partial charge < -0.3 is 14.0 Å². The van der Waals surface area contributed by atoms with Gasteiger partial charge in [0.2, 0.25) is 0 Å². The highest BCUT2D eigenvalue weighted by Gasteiger charge is 2.12. The van der Waals surface area contributed by atoms with E-state index in [0.717, 1.165) is 13.0 Å². The summed E-state index contributed by atoms with van der Waals surface area (Å²) in [6, 6.07) is 0. The van der Waals surface area contributed by atoms with Crippen LogP contribution in [0.25, 0.3) is 0 Å². The van der Waals surface area contributed by atoms with Crippen molar-refractivity contribution < 1.29 is 4.18 Å². The molecule has 0 aromatic heterocycles. The highest BCUT2D eigenvalue weighted by atomic mass is 127. The Morgan fingerprint density at radius 1 is 1.31 bits per heavy atom. The number of likely N-dealkylation sites (N-methyl/N-ethyl adjacent to an activating group) is 1. The van der Waals surface area contributed by atoms with Crippen molar-refractivity contribution in [2.24, 2.45) is 0 Å². The lowest BCUT2D eigenvalue weighted by molar-refractivity contribution is 0.147. The quantitative estimate of drug-likeness (QED) is 0.435. The summed E-state index contributed by atoms with van der Waals surface area (Å²) in [4.78, 5) is 4.90. The largest absolute Gasteiger partial charge is 0.305 e. The van der Waals surface area contributed by atoms with Crippen LogP contribution in [-0.2, 0) is 4.18 Å². The monoisotopic (exact) mass is 316 g/mol. The van der Waals surface area contributed by atoms with Crippen LogP contribution in [0.4, 0.5) is 0 Å². The zero-order valence-electron chi connectivity index (χ0n) is 8.04. The van der Waals surface area contributed by atoms with Crippen molar-refractivity contribution in [3.63, 3.8) is 0 Å². The lowest BCUT2D eigenvalue weighted by Crippen LogP contribution is -2.44. The predicted molar refractivity (Wildman–Crippen MR) is 66.1 cm³/mol. The van der Waals surface area contributed by atoms with Gasteiger partial charge in [-0.15, -0.1) is 0 Å². The Labute approximate surface area is 97.0 Å². The van der Waals surface area contributed by atoms with Crippen molar-refractivity contribution in [2.75, 3.05) is 46.4 Å². The number of piperazine rings is 1. The van der Waals surface area contributed by atoms with Crippen molar-refractivity contribution in [3.05, 3.63) is 0 Å². The average Bonchev–Trinajstić information content (AvgIpc) is 2.15. The molecule has 1 fully saturated rings. The summed E-state index contributed by atoms with van der Waals surface area (Å²) in [6.45, 7) is 6.91. The summed E-state index contributed by atoms with van der Waals surface area (Å²) in [7, 11) is 3.62. The molecule has 5 heteroatoms. The second kappa shape index (κ2) is 7.28. The maximum absolute atomic E-state index is 5.21. The van der Waals surface area contributed by atoms with Crippen LogP contribution in [-0.4, -0.2) is 56.2 Å². The van der Waals surface area contributed by atoms with Gasteiger partial charge in [0.25, 0.3) is 0 Å². The third kappa shape index (κ3) is 5.41. The van der Waals surface area contributed by atoms with Crippen LogP contribution in [0.15, 0.2) is 0 Å². The fourth-order valence-corrected chi connectivity index (χ4v) is 2.17. The topological polar surface area (TPSA) is 15.7 Å². The van der Waals surface area contributed by atoms with Crippen LogP contribution >= 0.6 is 30.4 Å². The third-order valence-electron chi connectivity index (χ3n) is 2.34. The molecule has 78 valence electrons. The molecular weight excluding hydrogens is 299 g/mol. The van der Waals surface area contributed by atoms with E-state index in [1.54, 1.807) is 0 Å². The summed E-state index contributed by atoms with van der Waals surface area (Å²) >= 11 is 2.16.